The second-order valence-electron chi connectivity index (χ2n) is 5.13. The van der Waals surface area contributed by atoms with Crippen LogP contribution < -0.4 is 10.6 Å². The number of esters is 1. The maximum Gasteiger partial charge on any atom is 0.310 e. The van der Waals surface area contributed by atoms with Gasteiger partial charge in [-0.05, 0) is 25.5 Å². The number of nitrogens with one attached hydrogen (secondary N) is 2. The molecule has 1 fully saturated rings. The van der Waals surface area contributed by atoms with Crippen molar-refractivity contribution in [3.05, 3.63) is 0 Å². The fourth-order valence-electron chi connectivity index (χ4n) is 2.00. The molecule has 0 aromatic heterocycles. The molecule has 2 unspecified atom stereocenters. The van der Waals surface area contributed by atoms with Crippen molar-refractivity contribution >= 4 is 47.7 Å². The van der Waals surface area contributed by atoms with Crippen LogP contribution in [0.5, 0.6) is 0 Å². The monoisotopic (exact) mass is 415 g/mol. The molecular weight excluding hydrogens is 389 g/mol. The summed E-state index contributed by atoms with van der Waals surface area (Å²) in [4.78, 5) is 15.5. The van der Waals surface area contributed by atoms with Crippen LogP contribution in [0.3, 0.4) is 0 Å². The number of hydrogen-bond acceptors (Lipinski definition) is 4. The summed E-state index contributed by atoms with van der Waals surface area (Å²) < 4.78 is 4.99. The first kappa shape index (κ1) is 19.8. The van der Waals surface area contributed by atoms with Gasteiger partial charge in [0.2, 0.25) is 0 Å². The van der Waals surface area contributed by atoms with Crippen molar-refractivity contribution in [2.75, 3.05) is 33.0 Å². The molecule has 0 spiro atoms. The summed E-state index contributed by atoms with van der Waals surface area (Å²) >= 11 is 2.01. The SMILES string of the molecule is CN=C(NCC(C)C(=O)OC)NCC1(C)CCCS1.I. The molecular formula is C13H26IN3O2S. The lowest BCUT2D eigenvalue weighted by atomic mass is 10.1. The molecule has 1 saturated heterocycles. The third-order valence-electron chi connectivity index (χ3n) is 3.33. The van der Waals surface area contributed by atoms with Crippen molar-refractivity contribution in [3.63, 3.8) is 0 Å². The van der Waals surface area contributed by atoms with E-state index < -0.39 is 0 Å². The smallest absolute Gasteiger partial charge is 0.310 e. The van der Waals surface area contributed by atoms with Crippen molar-refractivity contribution in [2.45, 2.75) is 31.4 Å². The third kappa shape index (κ3) is 6.51. The highest BCUT2D eigenvalue weighted by molar-refractivity contribution is 14.0. The van der Waals surface area contributed by atoms with Gasteiger partial charge in [-0.15, -0.1) is 24.0 Å². The molecule has 1 aliphatic rings. The van der Waals surface area contributed by atoms with E-state index in [2.05, 4.69) is 22.5 Å². The summed E-state index contributed by atoms with van der Waals surface area (Å²) in [5.41, 5.74) is 0. The van der Waals surface area contributed by atoms with Crippen LogP contribution in [-0.2, 0) is 9.53 Å². The number of rotatable bonds is 5. The van der Waals surface area contributed by atoms with Gasteiger partial charge in [0.05, 0.1) is 13.0 Å². The van der Waals surface area contributed by atoms with E-state index in [9.17, 15) is 4.79 Å². The Hall–Kier alpha value is -0.180. The van der Waals surface area contributed by atoms with Gasteiger partial charge in [0.15, 0.2) is 5.96 Å². The maximum atomic E-state index is 11.3. The Balaban J connectivity index is 0.00000361. The minimum Gasteiger partial charge on any atom is -0.469 e. The van der Waals surface area contributed by atoms with Gasteiger partial charge in [-0.25, -0.2) is 0 Å². The Labute approximate surface area is 143 Å². The lowest BCUT2D eigenvalue weighted by molar-refractivity contribution is -0.144. The van der Waals surface area contributed by atoms with Gasteiger partial charge in [-0.1, -0.05) is 6.92 Å². The first-order chi connectivity index (χ1) is 9.00. The molecule has 20 heavy (non-hydrogen) atoms. The Morgan fingerprint density at radius 2 is 2.20 bits per heavy atom. The van der Waals surface area contributed by atoms with E-state index in [1.54, 1.807) is 7.05 Å². The maximum absolute atomic E-state index is 11.3. The first-order valence-electron chi connectivity index (χ1n) is 6.67. The molecule has 1 heterocycles. The highest BCUT2D eigenvalue weighted by Crippen LogP contribution is 2.36. The van der Waals surface area contributed by atoms with Crippen LogP contribution in [0, 0.1) is 5.92 Å². The molecule has 0 aromatic rings. The topological polar surface area (TPSA) is 62.7 Å². The number of carbonyl (C=O) groups is 1. The molecule has 2 atom stereocenters. The van der Waals surface area contributed by atoms with Crippen LogP contribution in [0.15, 0.2) is 4.99 Å². The lowest BCUT2D eigenvalue weighted by Crippen LogP contribution is -2.45. The standard InChI is InChI=1S/C13H25N3O2S.HI/c1-10(11(17)18-4)8-15-12(14-3)16-9-13(2)6-5-7-19-13;/h10H,5-9H2,1-4H3,(H2,14,15,16);1H. The molecule has 118 valence electrons. The fourth-order valence-corrected chi connectivity index (χ4v) is 3.25. The van der Waals surface area contributed by atoms with Crippen LogP contribution in [0.25, 0.3) is 0 Å². The number of ether oxygens (including phenoxy) is 1. The van der Waals surface area contributed by atoms with Gasteiger partial charge >= 0.3 is 5.97 Å². The number of methoxy groups -OCH3 is 1. The Morgan fingerprint density at radius 3 is 2.70 bits per heavy atom. The van der Waals surface area contributed by atoms with Crippen molar-refractivity contribution in [1.82, 2.24) is 10.6 Å². The number of aliphatic imine (C=N–C) groups is 1. The third-order valence-corrected chi connectivity index (χ3v) is 4.87. The predicted octanol–water partition coefficient (Wildman–Crippen LogP) is 1.86. The highest BCUT2D eigenvalue weighted by atomic mass is 127. The number of hydrogen-bond donors (Lipinski definition) is 2. The summed E-state index contributed by atoms with van der Waals surface area (Å²) in [5.74, 6) is 1.59. The largest absolute Gasteiger partial charge is 0.469 e. The van der Waals surface area contributed by atoms with Crippen molar-refractivity contribution in [3.8, 4) is 0 Å². The molecule has 5 nitrogen and oxygen atoms in total. The number of nitrogens with zero attached hydrogens (tertiary/aromatic N) is 1. The van der Waals surface area contributed by atoms with E-state index >= 15 is 0 Å². The zero-order valence-electron chi connectivity index (χ0n) is 12.7. The summed E-state index contributed by atoms with van der Waals surface area (Å²) in [6.45, 7) is 5.53. The number of carbonyl (C=O) groups excluding carboxylic acids is 1. The molecule has 1 aliphatic heterocycles. The van der Waals surface area contributed by atoms with Crippen LogP contribution in [-0.4, -0.2) is 49.7 Å². The van der Waals surface area contributed by atoms with Gasteiger partial charge in [0, 0.05) is 24.9 Å². The van der Waals surface area contributed by atoms with Gasteiger partial charge in [-0.3, -0.25) is 9.79 Å². The van der Waals surface area contributed by atoms with Gasteiger partial charge in [-0.2, -0.15) is 11.8 Å². The van der Waals surface area contributed by atoms with Crippen molar-refractivity contribution in [1.29, 1.82) is 0 Å². The average molecular weight is 415 g/mol. The van der Waals surface area contributed by atoms with E-state index in [-0.39, 0.29) is 35.9 Å². The van der Waals surface area contributed by atoms with Crippen LogP contribution in [0.4, 0.5) is 0 Å². The second-order valence-corrected chi connectivity index (χ2v) is 6.82. The van der Waals surface area contributed by atoms with E-state index in [0.717, 1.165) is 12.5 Å². The van der Waals surface area contributed by atoms with Gasteiger partial charge in [0.1, 0.15) is 0 Å². The zero-order valence-corrected chi connectivity index (χ0v) is 15.8. The van der Waals surface area contributed by atoms with Crippen molar-refractivity contribution in [2.24, 2.45) is 10.9 Å². The molecule has 0 saturated carbocycles. The summed E-state index contributed by atoms with van der Waals surface area (Å²) in [6.07, 6.45) is 2.52. The molecule has 0 amide bonds. The Kier molecular flexibility index (Phi) is 9.61. The first-order valence-corrected chi connectivity index (χ1v) is 7.65. The number of thioether (sulfide) groups is 1. The van der Waals surface area contributed by atoms with Crippen molar-refractivity contribution < 1.29 is 9.53 Å². The van der Waals surface area contributed by atoms with Crippen LogP contribution >= 0.6 is 35.7 Å². The average Bonchev–Trinajstić information content (AvgIpc) is 2.84. The Morgan fingerprint density at radius 1 is 1.50 bits per heavy atom. The van der Waals surface area contributed by atoms with Crippen LogP contribution in [0.2, 0.25) is 0 Å². The van der Waals surface area contributed by atoms with E-state index in [4.69, 9.17) is 4.74 Å². The summed E-state index contributed by atoms with van der Waals surface area (Å²) in [5, 5.41) is 6.48. The minimum absolute atomic E-state index is 0. The zero-order chi connectivity index (χ0) is 14.3. The van der Waals surface area contributed by atoms with Crippen LogP contribution in [0.1, 0.15) is 26.7 Å². The fraction of sp³-hybridized carbons (Fsp3) is 0.846. The van der Waals surface area contributed by atoms with Gasteiger partial charge in [0.25, 0.3) is 0 Å². The molecule has 2 N–H and O–H groups in total. The quantitative estimate of drug-likeness (QED) is 0.311. The van der Waals surface area contributed by atoms with E-state index in [1.165, 1.54) is 25.7 Å². The molecule has 0 radical (unpaired) electrons. The summed E-state index contributed by atoms with van der Waals surface area (Å²) in [6, 6.07) is 0. The normalized spacial score (nSPS) is 23.7. The number of guanidine groups is 1. The van der Waals surface area contributed by atoms with E-state index in [1.807, 2.05) is 18.7 Å². The minimum atomic E-state index is -0.207. The predicted molar refractivity (Wildman–Crippen MR) is 96.1 cm³/mol. The highest BCUT2D eigenvalue weighted by Gasteiger charge is 2.29. The second kappa shape index (κ2) is 9.70. The molecule has 7 heteroatoms. The summed E-state index contributed by atoms with van der Waals surface area (Å²) in [7, 11) is 3.15. The number of halogens is 1. The molecule has 0 aromatic carbocycles. The van der Waals surface area contributed by atoms with Gasteiger partial charge < -0.3 is 15.4 Å². The lowest BCUT2D eigenvalue weighted by Gasteiger charge is -2.24. The molecule has 0 aliphatic carbocycles. The van der Waals surface area contributed by atoms with E-state index in [0.29, 0.717) is 11.3 Å². The Bertz CT molecular complexity index is 334. The molecule has 1 rings (SSSR count). The molecule has 0 bridgehead atoms.